The van der Waals surface area contributed by atoms with Crippen LogP contribution in [0.4, 0.5) is 10.1 Å². The lowest BCUT2D eigenvalue weighted by Gasteiger charge is -2.36. The zero-order chi connectivity index (χ0) is 20.7. The number of unbranched alkanes of at least 4 members (excludes halogenated alkanes) is 1. The van der Waals surface area contributed by atoms with Gasteiger partial charge in [-0.1, -0.05) is 31.5 Å². The van der Waals surface area contributed by atoms with Gasteiger partial charge in [0.1, 0.15) is 17.6 Å². The van der Waals surface area contributed by atoms with E-state index in [0.29, 0.717) is 55.2 Å². The Hall–Kier alpha value is -2.91. The predicted octanol–water partition coefficient (Wildman–Crippen LogP) is 4.56. The van der Waals surface area contributed by atoms with Gasteiger partial charge < -0.3 is 14.8 Å². The zero-order valence-electron chi connectivity index (χ0n) is 16.5. The molecule has 0 unspecified atom stereocenters. The first-order valence-corrected chi connectivity index (χ1v) is 9.92. The summed E-state index contributed by atoms with van der Waals surface area (Å²) in [5.74, 6) is -0.204. The van der Waals surface area contributed by atoms with Gasteiger partial charge in [0, 0.05) is 24.5 Å². The molecule has 1 heterocycles. The molecule has 0 radical (unpaired) electrons. The summed E-state index contributed by atoms with van der Waals surface area (Å²) in [6.45, 7) is 3.37. The number of carbonyl (C=O) groups is 1. The maximum atomic E-state index is 14.6. The Morgan fingerprint density at radius 1 is 1.28 bits per heavy atom. The Labute approximate surface area is 170 Å². The van der Waals surface area contributed by atoms with Crippen LogP contribution in [0.3, 0.4) is 0 Å². The number of benzene rings is 2. The van der Waals surface area contributed by atoms with Crippen LogP contribution in [0.15, 0.2) is 42.5 Å². The third kappa shape index (κ3) is 4.57. The number of ether oxygens (including phenoxy) is 2. The Kier molecular flexibility index (Phi) is 6.84. The van der Waals surface area contributed by atoms with Crippen LogP contribution in [0.5, 0.6) is 5.75 Å². The molecule has 152 valence electrons. The molecule has 29 heavy (non-hydrogen) atoms. The van der Waals surface area contributed by atoms with E-state index in [9.17, 15) is 14.4 Å². The van der Waals surface area contributed by atoms with Crippen molar-refractivity contribution in [2.24, 2.45) is 0 Å². The summed E-state index contributed by atoms with van der Waals surface area (Å²) in [7, 11) is 0. The van der Waals surface area contributed by atoms with Gasteiger partial charge in [0.05, 0.1) is 17.6 Å². The van der Waals surface area contributed by atoms with Gasteiger partial charge in [0.15, 0.2) is 0 Å². The molecule has 1 N–H and O–H groups in total. The minimum Gasteiger partial charge on any atom is -0.492 e. The molecule has 2 aromatic rings. The molecular formula is C23H25FN2O3. The van der Waals surface area contributed by atoms with Crippen molar-refractivity contribution in [2.75, 3.05) is 25.1 Å². The number of nitriles is 1. The standard InChI is InChI=1S/C23H25FN2O3/c1-2-3-12-29-21-9-8-18(15-17(21)16-25)26-22(27)23(10-13-28-14-11-23)19-6-4-5-7-20(19)24/h4-9,15H,2-3,10-14H2,1H3,(H,26,27). The SMILES string of the molecule is CCCCOc1ccc(NC(=O)C2(c3ccccc3F)CCOCC2)cc1C#N. The second-order valence-corrected chi connectivity index (χ2v) is 7.15. The summed E-state index contributed by atoms with van der Waals surface area (Å²) in [6.07, 6.45) is 2.68. The van der Waals surface area contributed by atoms with E-state index >= 15 is 0 Å². The molecule has 1 amide bonds. The van der Waals surface area contributed by atoms with Crippen LogP contribution in [-0.2, 0) is 14.9 Å². The highest BCUT2D eigenvalue weighted by atomic mass is 19.1. The number of anilines is 1. The molecule has 2 aromatic carbocycles. The van der Waals surface area contributed by atoms with Crippen molar-refractivity contribution < 1.29 is 18.7 Å². The van der Waals surface area contributed by atoms with Crippen molar-refractivity contribution in [1.82, 2.24) is 0 Å². The highest BCUT2D eigenvalue weighted by Gasteiger charge is 2.43. The number of carbonyl (C=O) groups excluding carboxylic acids is 1. The van der Waals surface area contributed by atoms with Crippen molar-refractivity contribution in [3.05, 3.63) is 59.4 Å². The molecule has 5 nitrogen and oxygen atoms in total. The van der Waals surface area contributed by atoms with Gasteiger partial charge in [0.2, 0.25) is 5.91 Å². The van der Waals surface area contributed by atoms with E-state index in [1.807, 2.05) is 0 Å². The number of halogens is 1. The molecule has 1 aliphatic rings. The zero-order valence-corrected chi connectivity index (χ0v) is 16.5. The third-order valence-corrected chi connectivity index (χ3v) is 5.28. The average Bonchev–Trinajstić information content (AvgIpc) is 2.75. The van der Waals surface area contributed by atoms with Gasteiger partial charge in [-0.3, -0.25) is 4.79 Å². The highest BCUT2D eigenvalue weighted by Crippen LogP contribution is 2.37. The van der Waals surface area contributed by atoms with Gasteiger partial charge in [-0.15, -0.1) is 0 Å². The van der Waals surface area contributed by atoms with Gasteiger partial charge >= 0.3 is 0 Å². The Balaban J connectivity index is 1.85. The molecule has 0 aromatic heterocycles. The minimum absolute atomic E-state index is 0.297. The summed E-state index contributed by atoms with van der Waals surface area (Å²) in [5.41, 5.74) is 0.204. The van der Waals surface area contributed by atoms with Crippen LogP contribution in [0, 0.1) is 17.1 Å². The molecule has 1 fully saturated rings. The molecule has 0 atom stereocenters. The molecule has 1 saturated heterocycles. The quantitative estimate of drug-likeness (QED) is 0.696. The lowest BCUT2D eigenvalue weighted by atomic mass is 9.73. The Bertz CT molecular complexity index is 901. The topological polar surface area (TPSA) is 71.3 Å². The number of hydrogen-bond donors (Lipinski definition) is 1. The van der Waals surface area contributed by atoms with Crippen LogP contribution in [-0.4, -0.2) is 25.7 Å². The fourth-order valence-electron chi connectivity index (χ4n) is 3.59. The van der Waals surface area contributed by atoms with Crippen LogP contribution >= 0.6 is 0 Å². The van der Waals surface area contributed by atoms with E-state index in [0.717, 1.165) is 12.8 Å². The molecule has 3 rings (SSSR count). The van der Waals surface area contributed by atoms with E-state index in [-0.39, 0.29) is 5.91 Å². The predicted molar refractivity (Wildman–Crippen MR) is 108 cm³/mol. The number of hydrogen-bond acceptors (Lipinski definition) is 4. The van der Waals surface area contributed by atoms with Crippen LogP contribution in [0.25, 0.3) is 0 Å². The van der Waals surface area contributed by atoms with Crippen LogP contribution < -0.4 is 10.1 Å². The van der Waals surface area contributed by atoms with E-state index in [4.69, 9.17) is 9.47 Å². The number of amides is 1. The molecule has 0 aliphatic carbocycles. The lowest BCUT2D eigenvalue weighted by molar-refractivity contribution is -0.125. The number of rotatable bonds is 7. The van der Waals surface area contributed by atoms with E-state index in [2.05, 4.69) is 18.3 Å². The molecule has 0 bridgehead atoms. The van der Waals surface area contributed by atoms with E-state index in [1.165, 1.54) is 6.07 Å². The fraction of sp³-hybridized carbons (Fsp3) is 0.391. The summed E-state index contributed by atoms with van der Waals surface area (Å²) in [4.78, 5) is 13.3. The Morgan fingerprint density at radius 2 is 2.03 bits per heavy atom. The molecular weight excluding hydrogens is 371 g/mol. The summed E-state index contributed by atoms with van der Waals surface area (Å²) in [6, 6.07) is 13.5. The molecule has 1 aliphatic heterocycles. The van der Waals surface area contributed by atoms with Gasteiger partial charge in [0.25, 0.3) is 0 Å². The maximum Gasteiger partial charge on any atom is 0.235 e. The van der Waals surface area contributed by atoms with Gasteiger partial charge in [-0.2, -0.15) is 5.26 Å². The third-order valence-electron chi connectivity index (χ3n) is 5.28. The van der Waals surface area contributed by atoms with Crippen molar-refractivity contribution in [1.29, 1.82) is 5.26 Å². The van der Waals surface area contributed by atoms with Gasteiger partial charge in [-0.05, 0) is 43.5 Å². The molecule has 6 heteroatoms. The highest BCUT2D eigenvalue weighted by molar-refractivity contribution is 5.99. The molecule has 0 spiro atoms. The van der Waals surface area contributed by atoms with Crippen LogP contribution in [0.2, 0.25) is 0 Å². The summed E-state index contributed by atoms with van der Waals surface area (Å²) >= 11 is 0. The smallest absolute Gasteiger partial charge is 0.235 e. The van der Waals surface area contributed by atoms with Crippen LogP contribution in [0.1, 0.15) is 43.7 Å². The second kappa shape index (κ2) is 9.53. The summed E-state index contributed by atoms with van der Waals surface area (Å²) in [5, 5.41) is 12.3. The first kappa shape index (κ1) is 20.8. The van der Waals surface area contributed by atoms with Crippen molar-refractivity contribution in [2.45, 2.75) is 38.0 Å². The second-order valence-electron chi connectivity index (χ2n) is 7.15. The minimum atomic E-state index is -1.01. The van der Waals surface area contributed by atoms with Gasteiger partial charge in [-0.25, -0.2) is 4.39 Å². The first-order chi connectivity index (χ1) is 14.1. The molecule has 0 saturated carbocycles. The lowest BCUT2D eigenvalue weighted by Crippen LogP contribution is -2.45. The largest absolute Gasteiger partial charge is 0.492 e. The average molecular weight is 396 g/mol. The van der Waals surface area contributed by atoms with E-state index < -0.39 is 11.2 Å². The van der Waals surface area contributed by atoms with Crippen molar-refractivity contribution in [3.63, 3.8) is 0 Å². The van der Waals surface area contributed by atoms with E-state index in [1.54, 1.807) is 36.4 Å². The van der Waals surface area contributed by atoms with Crippen molar-refractivity contribution in [3.8, 4) is 11.8 Å². The number of nitrogens with zero attached hydrogens (tertiary/aromatic N) is 1. The maximum absolute atomic E-state index is 14.6. The normalized spacial score (nSPS) is 15.3. The monoisotopic (exact) mass is 396 g/mol. The fourth-order valence-corrected chi connectivity index (χ4v) is 3.59. The first-order valence-electron chi connectivity index (χ1n) is 9.92. The number of nitrogens with one attached hydrogen (secondary N) is 1. The van der Waals surface area contributed by atoms with Crippen molar-refractivity contribution >= 4 is 11.6 Å². The Morgan fingerprint density at radius 3 is 2.72 bits per heavy atom. The summed E-state index contributed by atoms with van der Waals surface area (Å²) < 4.78 is 25.6.